The molecule has 0 aliphatic heterocycles. The van der Waals surface area contributed by atoms with Gasteiger partial charge in [-0.15, -0.1) is 11.6 Å². The fourth-order valence-corrected chi connectivity index (χ4v) is 2.05. The van der Waals surface area contributed by atoms with E-state index in [2.05, 4.69) is 55.4 Å². The van der Waals surface area contributed by atoms with E-state index in [1.54, 1.807) is 0 Å². The van der Waals surface area contributed by atoms with Gasteiger partial charge in [0.25, 0.3) is 0 Å². The molecule has 0 saturated heterocycles. The summed E-state index contributed by atoms with van der Waals surface area (Å²) in [7, 11) is 0. The SMILES string of the molecule is CB(c1ccccc1)c1cccc(CCl)c1. The molecular weight excluding hydrogens is 214 g/mol. The van der Waals surface area contributed by atoms with Gasteiger partial charge in [0.15, 0.2) is 0 Å². The molecular formula is C14H14BCl. The van der Waals surface area contributed by atoms with Gasteiger partial charge in [0.05, 0.1) is 0 Å². The highest BCUT2D eigenvalue weighted by molar-refractivity contribution is 6.84. The predicted molar refractivity (Wildman–Crippen MR) is 73.3 cm³/mol. The summed E-state index contributed by atoms with van der Waals surface area (Å²) in [5, 5.41) is 0. The van der Waals surface area contributed by atoms with Crippen molar-refractivity contribution in [3.05, 3.63) is 60.2 Å². The van der Waals surface area contributed by atoms with Crippen molar-refractivity contribution in [3.63, 3.8) is 0 Å². The summed E-state index contributed by atoms with van der Waals surface area (Å²) < 4.78 is 0. The standard InChI is InChI=1S/C14H14BCl/c1-15(13-7-3-2-4-8-13)14-9-5-6-12(10-14)11-16/h2-10H,11H2,1H3. The zero-order valence-electron chi connectivity index (χ0n) is 9.36. The van der Waals surface area contributed by atoms with Crippen LogP contribution in [0.25, 0.3) is 0 Å². The van der Waals surface area contributed by atoms with Gasteiger partial charge in [-0.05, 0) is 5.56 Å². The highest BCUT2D eigenvalue weighted by atomic mass is 35.5. The summed E-state index contributed by atoms with van der Waals surface area (Å²) >= 11 is 5.85. The first-order valence-electron chi connectivity index (χ1n) is 5.51. The number of rotatable bonds is 3. The third-order valence-corrected chi connectivity index (χ3v) is 3.21. The van der Waals surface area contributed by atoms with Crippen molar-refractivity contribution in [2.45, 2.75) is 12.7 Å². The van der Waals surface area contributed by atoms with Crippen molar-refractivity contribution in [1.82, 2.24) is 0 Å². The lowest BCUT2D eigenvalue weighted by molar-refractivity contribution is 1.42. The summed E-state index contributed by atoms with van der Waals surface area (Å²) in [4.78, 5) is 0. The Morgan fingerprint density at radius 2 is 1.62 bits per heavy atom. The zero-order valence-corrected chi connectivity index (χ0v) is 10.1. The maximum Gasteiger partial charge on any atom is 0.206 e. The fraction of sp³-hybridized carbons (Fsp3) is 0.143. The second kappa shape index (κ2) is 5.22. The largest absolute Gasteiger partial charge is 0.206 e. The first-order valence-corrected chi connectivity index (χ1v) is 6.04. The zero-order chi connectivity index (χ0) is 11.4. The minimum atomic E-state index is 0.421. The monoisotopic (exact) mass is 228 g/mol. The van der Waals surface area contributed by atoms with Crippen molar-refractivity contribution in [3.8, 4) is 0 Å². The average molecular weight is 229 g/mol. The molecule has 0 aliphatic rings. The van der Waals surface area contributed by atoms with E-state index in [0.29, 0.717) is 12.6 Å². The van der Waals surface area contributed by atoms with Crippen LogP contribution in [0.4, 0.5) is 0 Å². The van der Waals surface area contributed by atoms with Crippen LogP contribution in [0.3, 0.4) is 0 Å². The van der Waals surface area contributed by atoms with Crippen molar-refractivity contribution < 1.29 is 0 Å². The number of halogens is 1. The lowest BCUT2D eigenvalue weighted by Crippen LogP contribution is -2.39. The Balaban J connectivity index is 2.30. The molecule has 0 atom stereocenters. The predicted octanol–water partition coefficient (Wildman–Crippen LogP) is 2.66. The van der Waals surface area contributed by atoms with Crippen molar-refractivity contribution in [2.24, 2.45) is 0 Å². The van der Waals surface area contributed by atoms with Crippen LogP contribution in [0.1, 0.15) is 5.56 Å². The van der Waals surface area contributed by atoms with Gasteiger partial charge in [-0.25, -0.2) is 0 Å². The van der Waals surface area contributed by atoms with Gasteiger partial charge in [-0.1, -0.05) is 72.3 Å². The van der Waals surface area contributed by atoms with Gasteiger partial charge in [0.1, 0.15) is 0 Å². The topological polar surface area (TPSA) is 0 Å². The van der Waals surface area contributed by atoms with E-state index in [-0.39, 0.29) is 0 Å². The first kappa shape index (κ1) is 11.3. The Kier molecular flexibility index (Phi) is 3.68. The Labute approximate surface area is 102 Å². The molecule has 0 saturated carbocycles. The normalized spacial score (nSPS) is 10.1. The van der Waals surface area contributed by atoms with Crippen LogP contribution in [0.15, 0.2) is 54.6 Å². The molecule has 0 aliphatic carbocycles. The second-order valence-corrected chi connectivity index (χ2v) is 4.28. The van der Waals surface area contributed by atoms with Crippen LogP contribution < -0.4 is 10.9 Å². The lowest BCUT2D eigenvalue weighted by atomic mass is 9.42. The molecule has 2 heteroatoms. The molecule has 2 aromatic carbocycles. The van der Waals surface area contributed by atoms with E-state index in [9.17, 15) is 0 Å². The van der Waals surface area contributed by atoms with Crippen LogP contribution in [0.5, 0.6) is 0 Å². The van der Waals surface area contributed by atoms with Crippen LogP contribution >= 0.6 is 11.6 Å². The maximum atomic E-state index is 5.85. The molecule has 2 rings (SSSR count). The van der Waals surface area contributed by atoms with Gasteiger partial charge in [0.2, 0.25) is 6.71 Å². The Morgan fingerprint density at radius 3 is 2.31 bits per heavy atom. The summed E-state index contributed by atoms with van der Waals surface area (Å²) in [6.07, 6.45) is 0. The Bertz CT molecular complexity index is 453. The van der Waals surface area contributed by atoms with E-state index < -0.39 is 0 Å². The highest BCUT2D eigenvalue weighted by Gasteiger charge is 2.12. The summed E-state index contributed by atoms with van der Waals surface area (Å²) in [5.41, 5.74) is 3.85. The molecule has 0 bridgehead atoms. The molecule has 0 radical (unpaired) electrons. The second-order valence-electron chi connectivity index (χ2n) is 4.01. The Hall–Kier alpha value is -1.21. The fourth-order valence-electron chi connectivity index (χ4n) is 1.88. The molecule has 0 N–H and O–H groups in total. The quantitative estimate of drug-likeness (QED) is 0.560. The molecule has 0 nitrogen and oxygen atoms in total. The molecule has 0 spiro atoms. The average Bonchev–Trinajstić information content (AvgIpc) is 2.39. The minimum absolute atomic E-state index is 0.421. The molecule has 80 valence electrons. The van der Waals surface area contributed by atoms with Crippen molar-refractivity contribution in [2.75, 3.05) is 0 Å². The first-order chi connectivity index (χ1) is 7.81. The molecule has 0 heterocycles. The van der Waals surface area contributed by atoms with E-state index in [0.717, 1.165) is 0 Å². The maximum absolute atomic E-state index is 5.85. The lowest BCUT2D eigenvalue weighted by Gasteiger charge is -2.10. The highest BCUT2D eigenvalue weighted by Crippen LogP contribution is 2.02. The third kappa shape index (κ3) is 2.48. The molecule has 0 fully saturated rings. The van der Waals surface area contributed by atoms with E-state index in [4.69, 9.17) is 11.6 Å². The van der Waals surface area contributed by atoms with Gasteiger partial charge in [-0.3, -0.25) is 0 Å². The number of alkyl halides is 1. The van der Waals surface area contributed by atoms with E-state index >= 15 is 0 Å². The van der Waals surface area contributed by atoms with Crippen LogP contribution in [0, 0.1) is 0 Å². The van der Waals surface area contributed by atoms with Gasteiger partial charge in [-0.2, -0.15) is 0 Å². The van der Waals surface area contributed by atoms with Crippen LogP contribution in [-0.2, 0) is 5.88 Å². The van der Waals surface area contributed by atoms with Crippen molar-refractivity contribution in [1.29, 1.82) is 0 Å². The van der Waals surface area contributed by atoms with Gasteiger partial charge < -0.3 is 0 Å². The summed E-state index contributed by atoms with van der Waals surface area (Å²) in [5.74, 6) is 0.579. The van der Waals surface area contributed by atoms with Crippen molar-refractivity contribution >= 4 is 29.2 Å². The number of hydrogen-bond donors (Lipinski definition) is 0. The smallest absolute Gasteiger partial charge is 0.122 e. The molecule has 0 aromatic heterocycles. The van der Waals surface area contributed by atoms with E-state index in [1.807, 2.05) is 6.07 Å². The Morgan fingerprint density at radius 1 is 0.938 bits per heavy atom. The molecule has 2 aromatic rings. The van der Waals surface area contributed by atoms with Gasteiger partial charge in [0, 0.05) is 5.88 Å². The number of hydrogen-bond acceptors (Lipinski definition) is 0. The van der Waals surface area contributed by atoms with Gasteiger partial charge >= 0.3 is 0 Å². The third-order valence-electron chi connectivity index (χ3n) is 2.90. The minimum Gasteiger partial charge on any atom is -0.122 e. The summed E-state index contributed by atoms with van der Waals surface area (Å²) in [6.45, 7) is 2.65. The molecule has 0 amide bonds. The van der Waals surface area contributed by atoms with Crippen LogP contribution in [-0.4, -0.2) is 6.71 Å². The molecule has 0 unspecified atom stereocenters. The van der Waals surface area contributed by atoms with Crippen LogP contribution in [0.2, 0.25) is 6.82 Å². The summed E-state index contributed by atoms with van der Waals surface area (Å²) in [6, 6.07) is 19.0. The number of benzene rings is 2. The van der Waals surface area contributed by atoms with E-state index in [1.165, 1.54) is 16.5 Å². The molecule has 16 heavy (non-hydrogen) atoms.